The third kappa shape index (κ3) is 2.01. The van der Waals surface area contributed by atoms with Gasteiger partial charge in [-0.2, -0.15) is 0 Å². The Morgan fingerprint density at radius 1 is 1.56 bits per heavy atom. The highest BCUT2D eigenvalue weighted by Crippen LogP contribution is 2.25. The summed E-state index contributed by atoms with van der Waals surface area (Å²) < 4.78 is 0. The van der Waals surface area contributed by atoms with Gasteiger partial charge in [-0.05, 0) is 18.6 Å². The number of aryl methyl sites for hydroxylation is 1. The van der Waals surface area contributed by atoms with Crippen LogP contribution in [0.4, 0.5) is 10.7 Å². The molecule has 16 heavy (non-hydrogen) atoms. The minimum Gasteiger partial charge on any atom is -0.476 e. The van der Waals surface area contributed by atoms with Crippen molar-refractivity contribution >= 4 is 28.0 Å². The molecule has 0 aliphatic carbocycles. The molecule has 5 nitrogen and oxygen atoms in total. The first-order chi connectivity index (χ1) is 7.68. The van der Waals surface area contributed by atoms with E-state index in [9.17, 15) is 4.79 Å². The van der Waals surface area contributed by atoms with E-state index in [1.807, 2.05) is 13.0 Å². The molecule has 0 unspecified atom stereocenters. The maximum Gasteiger partial charge on any atom is 0.357 e. The molecule has 2 aromatic heterocycles. The highest BCUT2D eigenvalue weighted by atomic mass is 32.1. The van der Waals surface area contributed by atoms with Crippen molar-refractivity contribution in [1.29, 1.82) is 0 Å². The van der Waals surface area contributed by atoms with Gasteiger partial charge in [0, 0.05) is 6.20 Å². The van der Waals surface area contributed by atoms with E-state index in [4.69, 9.17) is 5.11 Å². The number of thiazole rings is 1. The van der Waals surface area contributed by atoms with Crippen LogP contribution in [0.25, 0.3) is 0 Å². The number of carboxylic acid groups (broad SMARTS) is 1. The predicted molar refractivity (Wildman–Crippen MR) is 61.3 cm³/mol. The highest BCUT2D eigenvalue weighted by molar-refractivity contribution is 7.14. The molecule has 0 radical (unpaired) electrons. The van der Waals surface area contributed by atoms with Gasteiger partial charge in [0.25, 0.3) is 0 Å². The second-order valence-electron chi connectivity index (χ2n) is 3.15. The Morgan fingerprint density at radius 2 is 2.38 bits per heavy atom. The Kier molecular flexibility index (Phi) is 2.82. The maximum atomic E-state index is 10.8. The summed E-state index contributed by atoms with van der Waals surface area (Å²) in [5, 5.41) is 12.4. The molecule has 82 valence electrons. The average molecular weight is 235 g/mol. The number of nitrogens with one attached hydrogen (secondary N) is 1. The minimum absolute atomic E-state index is 0.0354. The topological polar surface area (TPSA) is 75.1 Å². The lowest BCUT2D eigenvalue weighted by molar-refractivity contribution is 0.0692. The van der Waals surface area contributed by atoms with Crippen LogP contribution < -0.4 is 5.32 Å². The number of aromatic carboxylic acids is 1. The van der Waals surface area contributed by atoms with Gasteiger partial charge in [-0.3, -0.25) is 4.98 Å². The van der Waals surface area contributed by atoms with Crippen LogP contribution >= 0.6 is 11.3 Å². The Labute approximate surface area is 95.8 Å². The minimum atomic E-state index is -1.04. The molecule has 2 heterocycles. The van der Waals surface area contributed by atoms with Gasteiger partial charge in [0.1, 0.15) is 5.00 Å². The van der Waals surface area contributed by atoms with E-state index in [0.29, 0.717) is 5.00 Å². The number of hydrogen-bond donors (Lipinski definition) is 2. The smallest absolute Gasteiger partial charge is 0.357 e. The summed E-state index contributed by atoms with van der Waals surface area (Å²) in [5.41, 5.74) is 3.32. The summed E-state index contributed by atoms with van der Waals surface area (Å²) in [6.45, 7) is 1.92. The molecule has 2 N–H and O–H groups in total. The number of hydrogen-bond acceptors (Lipinski definition) is 5. The van der Waals surface area contributed by atoms with E-state index in [2.05, 4.69) is 15.3 Å². The lowest BCUT2D eigenvalue weighted by Crippen LogP contribution is -2.01. The van der Waals surface area contributed by atoms with E-state index < -0.39 is 5.97 Å². The zero-order chi connectivity index (χ0) is 11.5. The van der Waals surface area contributed by atoms with Crippen molar-refractivity contribution in [3.8, 4) is 0 Å². The van der Waals surface area contributed by atoms with Crippen molar-refractivity contribution < 1.29 is 9.90 Å². The van der Waals surface area contributed by atoms with Crippen LogP contribution in [0.5, 0.6) is 0 Å². The molecule has 0 aliphatic rings. The van der Waals surface area contributed by atoms with Gasteiger partial charge in [0.2, 0.25) is 0 Å². The van der Waals surface area contributed by atoms with Crippen LogP contribution in [0.3, 0.4) is 0 Å². The molecule has 0 fully saturated rings. The number of carbonyl (C=O) groups is 1. The normalized spacial score (nSPS) is 10.1. The summed E-state index contributed by atoms with van der Waals surface area (Å²) in [5.74, 6) is -1.04. The molecule has 0 atom stereocenters. The lowest BCUT2D eigenvalue weighted by Gasteiger charge is -2.06. The molecule has 0 spiro atoms. The van der Waals surface area contributed by atoms with Gasteiger partial charge < -0.3 is 10.4 Å². The van der Waals surface area contributed by atoms with Crippen LogP contribution in [0.2, 0.25) is 0 Å². The fourth-order valence-electron chi connectivity index (χ4n) is 1.20. The molecular formula is C10H9N3O2S. The van der Waals surface area contributed by atoms with Crippen molar-refractivity contribution in [3.05, 3.63) is 35.2 Å². The lowest BCUT2D eigenvalue weighted by atomic mass is 10.2. The number of aromatic nitrogens is 2. The van der Waals surface area contributed by atoms with E-state index in [1.54, 1.807) is 12.4 Å². The molecule has 0 amide bonds. The highest BCUT2D eigenvalue weighted by Gasteiger charge is 2.13. The zero-order valence-electron chi connectivity index (χ0n) is 8.47. The summed E-state index contributed by atoms with van der Waals surface area (Å²) in [6.07, 6.45) is 3.34. The van der Waals surface area contributed by atoms with Gasteiger partial charge in [0.15, 0.2) is 5.69 Å². The van der Waals surface area contributed by atoms with Crippen molar-refractivity contribution in [2.45, 2.75) is 6.92 Å². The second-order valence-corrected chi connectivity index (χ2v) is 4.01. The van der Waals surface area contributed by atoms with Crippen LogP contribution in [-0.2, 0) is 0 Å². The zero-order valence-corrected chi connectivity index (χ0v) is 9.28. The Balaban J connectivity index is 2.31. The van der Waals surface area contributed by atoms with Crippen LogP contribution in [-0.4, -0.2) is 21.0 Å². The van der Waals surface area contributed by atoms with E-state index in [0.717, 1.165) is 11.3 Å². The van der Waals surface area contributed by atoms with Crippen molar-refractivity contribution in [3.63, 3.8) is 0 Å². The quantitative estimate of drug-likeness (QED) is 0.853. The van der Waals surface area contributed by atoms with Gasteiger partial charge in [0.05, 0.1) is 17.4 Å². The third-order valence-electron chi connectivity index (χ3n) is 2.06. The largest absolute Gasteiger partial charge is 0.476 e. The number of pyridine rings is 1. The maximum absolute atomic E-state index is 10.8. The molecule has 6 heteroatoms. The number of nitrogens with zero attached hydrogens (tertiary/aromatic N) is 2. The van der Waals surface area contributed by atoms with Gasteiger partial charge in [-0.25, -0.2) is 9.78 Å². The standard InChI is InChI=1S/C10H9N3O2S/c1-6-2-3-11-4-7(6)13-9-8(10(14)15)12-5-16-9/h2-5,13H,1H3,(H,14,15). The summed E-state index contributed by atoms with van der Waals surface area (Å²) >= 11 is 1.25. The van der Waals surface area contributed by atoms with E-state index in [-0.39, 0.29) is 5.69 Å². The van der Waals surface area contributed by atoms with Crippen LogP contribution in [0.15, 0.2) is 24.0 Å². The first kappa shape index (κ1) is 10.6. The van der Waals surface area contributed by atoms with E-state index in [1.165, 1.54) is 16.8 Å². The summed E-state index contributed by atoms with van der Waals surface area (Å²) in [4.78, 5) is 18.6. The van der Waals surface area contributed by atoms with Crippen LogP contribution in [0.1, 0.15) is 16.1 Å². The molecule has 2 aromatic rings. The Hall–Kier alpha value is -1.95. The molecule has 0 aliphatic heterocycles. The van der Waals surface area contributed by atoms with Gasteiger partial charge >= 0.3 is 5.97 Å². The average Bonchev–Trinajstić information content (AvgIpc) is 2.69. The monoisotopic (exact) mass is 235 g/mol. The van der Waals surface area contributed by atoms with Crippen LogP contribution in [0, 0.1) is 6.92 Å². The molecule has 0 bridgehead atoms. The molecule has 0 saturated heterocycles. The first-order valence-corrected chi connectivity index (χ1v) is 5.41. The number of anilines is 2. The number of rotatable bonds is 3. The molecule has 2 rings (SSSR count). The fourth-order valence-corrected chi connectivity index (χ4v) is 1.89. The second kappa shape index (κ2) is 4.28. The van der Waals surface area contributed by atoms with Crippen molar-refractivity contribution in [1.82, 2.24) is 9.97 Å². The fraction of sp³-hybridized carbons (Fsp3) is 0.100. The predicted octanol–water partition coefficient (Wildman–Crippen LogP) is 2.29. The first-order valence-electron chi connectivity index (χ1n) is 4.53. The van der Waals surface area contributed by atoms with Gasteiger partial charge in [-0.1, -0.05) is 0 Å². The summed E-state index contributed by atoms with van der Waals surface area (Å²) in [7, 11) is 0. The molecule has 0 saturated carbocycles. The van der Waals surface area contributed by atoms with Crippen molar-refractivity contribution in [2.75, 3.05) is 5.32 Å². The summed E-state index contributed by atoms with van der Waals surface area (Å²) in [6, 6.07) is 1.85. The number of carboxylic acids is 1. The van der Waals surface area contributed by atoms with E-state index >= 15 is 0 Å². The molecular weight excluding hydrogens is 226 g/mol. The Morgan fingerprint density at radius 3 is 3.06 bits per heavy atom. The SMILES string of the molecule is Cc1ccncc1Nc1scnc1C(=O)O. The van der Waals surface area contributed by atoms with Gasteiger partial charge in [-0.15, -0.1) is 11.3 Å². The Bertz CT molecular complexity index is 524. The van der Waals surface area contributed by atoms with Crippen molar-refractivity contribution in [2.24, 2.45) is 0 Å². The third-order valence-corrected chi connectivity index (χ3v) is 2.80. The molecule has 0 aromatic carbocycles.